The highest BCUT2D eigenvalue weighted by atomic mass is 19.1. The minimum absolute atomic E-state index is 0.0837. The van der Waals surface area contributed by atoms with Gasteiger partial charge in [-0.2, -0.15) is 0 Å². The second-order valence-corrected chi connectivity index (χ2v) is 10.3. The van der Waals surface area contributed by atoms with Crippen molar-refractivity contribution in [2.45, 2.75) is 31.2 Å². The molecule has 2 aromatic carbocycles. The number of carbonyl (C=O) groups excluding carboxylic acids is 2. The number of carboxylic acid groups (broad SMARTS) is 1. The largest absolute Gasteiger partial charge is 0.480 e. The third kappa shape index (κ3) is 7.81. The number of ether oxygens (including phenoxy) is 2. The van der Waals surface area contributed by atoms with Crippen molar-refractivity contribution >= 4 is 40.5 Å². The van der Waals surface area contributed by atoms with Crippen molar-refractivity contribution in [3.8, 4) is 0 Å². The molecule has 4 aromatic rings. The number of nitrogens with one attached hydrogen (secondary N) is 4. The first kappa shape index (κ1) is 30.3. The Morgan fingerprint density at radius 1 is 1.07 bits per heavy atom. The van der Waals surface area contributed by atoms with Crippen LogP contribution in [0.3, 0.4) is 0 Å². The van der Waals surface area contributed by atoms with Crippen LogP contribution >= 0.6 is 0 Å². The van der Waals surface area contributed by atoms with Gasteiger partial charge in [-0.15, -0.1) is 0 Å². The predicted octanol–water partition coefficient (Wildman–Crippen LogP) is 3.59. The zero-order valence-corrected chi connectivity index (χ0v) is 23.7. The summed E-state index contributed by atoms with van der Waals surface area (Å²) in [6.07, 6.45) is 1.13. The van der Waals surface area contributed by atoms with Crippen LogP contribution in [-0.4, -0.2) is 82.4 Å². The first-order chi connectivity index (χ1) is 21.4. The number of carbonyl (C=O) groups is 3. The number of aromatic nitrogens is 2. The van der Waals surface area contributed by atoms with Crippen LogP contribution in [0.4, 0.5) is 20.8 Å². The van der Waals surface area contributed by atoms with Crippen molar-refractivity contribution in [3.05, 3.63) is 90.4 Å². The lowest BCUT2D eigenvalue weighted by molar-refractivity contribution is -0.138. The number of halogens is 1. The molecule has 1 aliphatic rings. The summed E-state index contributed by atoms with van der Waals surface area (Å²) in [7, 11) is 0. The molecule has 12 nitrogen and oxygen atoms in total. The smallest absolute Gasteiger partial charge is 0.410 e. The Hall–Kier alpha value is -5.17. The van der Waals surface area contributed by atoms with Crippen LogP contribution in [0.1, 0.15) is 12.0 Å². The summed E-state index contributed by atoms with van der Waals surface area (Å²) < 4.78 is 26.1. The van der Waals surface area contributed by atoms with Gasteiger partial charge in [-0.3, -0.25) is 4.79 Å². The maximum atomic E-state index is 14.7. The molecule has 44 heavy (non-hydrogen) atoms. The van der Waals surface area contributed by atoms with Gasteiger partial charge in [0.15, 0.2) is 5.82 Å². The maximum absolute atomic E-state index is 14.7. The van der Waals surface area contributed by atoms with Crippen LogP contribution < -0.4 is 16.0 Å². The number of likely N-dealkylation sites (tertiary alicyclic amines) is 1. The van der Waals surface area contributed by atoms with E-state index in [1.54, 1.807) is 41.4 Å². The van der Waals surface area contributed by atoms with Gasteiger partial charge in [0.1, 0.15) is 30.9 Å². The van der Waals surface area contributed by atoms with Crippen molar-refractivity contribution in [1.29, 1.82) is 0 Å². The number of rotatable bonds is 13. The van der Waals surface area contributed by atoms with Crippen LogP contribution in [0, 0.1) is 5.82 Å². The number of anilines is 2. The highest BCUT2D eigenvalue weighted by Crippen LogP contribution is 2.25. The lowest BCUT2D eigenvalue weighted by Gasteiger charge is -2.24. The quantitative estimate of drug-likeness (QED) is 0.154. The van der Waals surface area contributed by atoms with E-state index >= 15 is 0 Å². The highest BCUT2D eigenvalue weighted by molar-refractivity contribution is 5.86. The molecule has 0 spiro atoms. The fourth-order valence-corrected chi connectivity index (χ4v) is 4.95. The zero-order chi connectivity index (χ0) is 30.9. The van der Waals surface area contributed by atoms with Crippen LogP contribution in [0.5, 0.6) is 0 Å². The van der Waals surface area contributed by atoms with Gasteiger partial charge in [0.05, 0.1) is 24.2 Å². The van der Waals surface area contributed by atoms with E-state index in [2.05, 4.69) is 25.9 Å². The van der Waals surface area contributed by atoms with E-state index in [0.717, 1.165) is 5.56 Å². The summed E-state index contributed by atoms with van der Waals surface area (Å²) in [6, 6.07) is 19.9. The molecule has 2 amide bonds. The van der Waals surface area contributed by atoms with E-state index in [9.17, 15) is 23.9 Å². The summed E-state index contributed by atoms with van der Waals surface area (Å²) in [6.45, 7) is 0.0382. The number of benzene rings is 2. The number of fused-ring (bicyclic) bond motifs is 1. The fraction of sp³-hybridized carbons (Fsp3) is 0.290. The Balaban J connectivity index is 1.14. The molecular formula is C31H33FN6O6. The molecule has 1 aliphatic heterocycles. The van der Waals surface area contributed by atoms with E-state index in [0.29, 0.717) is 29.7 Å². The van der Waals surface area contributed by atoms with Gasteiger partial charge >= 0.3 is 12.1 Å². The molecule has 230 valence electrons. The summed E-state index contributed by atoms with van der Waals surface area (Å²) in [4.78, 5) is 46.1. The van der Waals surface area contributed by atoms with Crippen molar-refractivity contribution in [1.82, 2.24) is 20.2 Å². The standard InChI is InChI=1S/C31H33FN6O6/c32-28-23-10-4-5-11-24(23)36-29(28)37-25(30(40)41)16-35-27(39)19-43-22-14-21(15-34-26-12-6-7-13-33-26)38(17-22)31(42)44-18-20-8-2-1-3-9-20/h1-13,21-22,25,36-37H,14-19H2,(H,33,34)(H,35,39)(H,40,41). The Labute approximate surface area is 252 Å². The fourth-order valence-electron chi connectivity index (χ4n) is 4.95. The zero-order valence-electron chi connectivity index (χ0n) is 23.7. The molecule has 0 bridgehead atoms. The van der Waals surface area contributed by atoms with Crippen molar-refractivity contribution in [3.63, 3.8) is 0 Å². The number of carboxylic acids is 1. The van der Waals surface area contributed by atoms with Crippen molar-refractivity contribution in [2.75, 3.05) is 36.9 Å². The summed E-state index contributed by atoms with van der Waals surface area (Å²) in [5, 5.41) is 18.3. The van der Waals surface area contributed by atoms with Crippen LogP contribution in [-0.2, 0) is 25.7 Å². The molecular weight excluding hydrogens is 571 g/mol. The van der Waals surface area contributed by atoms with E-state index in [1.165, 1.54) is 0 Å². The minimum Gasteiger partial charge on any atom is -0.480 e. The number of H-pyrrole nitrogens is 1. The van der Waals surface area contributed by atoms with Crippen LogP contribution in [0.25, 0.3) is 10.9 Å². The molecule has 13 heteroatoms. The molecule has 3 atom stereocenters. The molecule has 1 fully saturated rings. The van der Waals surface area contributed by atoms with E-state index < -0.39 is 35.9 Å². The molecule has 0 saturated carbocycles. The minimum atomic E-state index is -1.30. The van der Waals surface area contributed by atoms with Gasteiger partial charge in [0.2, 0.25) is 5.91 Å². The number of amides is 2. The Kier molecular flexibility index (Phi) is 9.87. The summed E-state index contributed by atoms with van der Waals surface area (Å²) in [5.41, 5.74) is 1.37. The highest BCUT2D eigenvalue weighted by Gasteiger charge is 2.37. The number of hydrogen-bond donors (Lipinski definition) is 5. The number of para-hydroxylation sites is 1. The number of pyridine rings is 1. The average Bonchev–Trinajstić information content (AvgIpc) is 3.61. The molecule has 0 radical (unpaired) electrons. The van der Waals surface area contributed by atoms with E-state index in [4.69, 9.17) is 9.47 Å². The van der Waals surface area contributed by atoms with Crippen molar-refractivity contribution < 1.29 is 33.4 Å². The number of hydrogen-bond acceptors (Lipinski definition) is 8. The topological polar surface area (TPSA) is 158 Å². The number of aliphatic carboxylic acids is 1. The summed E-state index contributed by atoms with van der Waals surface area (Å²) >= 11 is 0. The van der Waals surface area contributed by atoms with Crippen LogP contribution in [0.15, 0.2) is 79.0 Å². The Bertz CT molecular complexity index is 1570. The molecule has 3 unspecified atom stereocenters. The van der Waals surface area contributed by atoms with Gasteiger partial charge in [-0.05, 0) is 36.2 Å². The molecule has 2 aromatic heterocycles. The van der Waals surface area contributed by atoms with Gasteiger partial charge in [-0.25, -0.2) is 19.0 Å². The lowest BCUT2D eigenvalue weighted by atomic mass is 10.2. The van der Waals surface area contributed by atoms with Crippen molar-refractivity contribution in [2.24, 2.45) is 0 Å². The maximum Gasteiger partial charge on any atom is 0.410 e. The van der Waals surface area contributed by atoms with Gasteiger partial charge < -0.3 is 40.4 Å². The molecule has 5 N–H and O–H groups in total. The number of aromatic amines is 1. The second-order valence-electron chi connectivity index (χ2n) is 10.3. The SMILES string of the molecule is O=C(COC1CC(CNc2ccccn2)N(C(=O)OCc2ccccc2)C1)NCC(Nc1[nH]c2ccccc2c1F)C(=O)O. The molecule has 5 rings (SSSR count). The Morgan fingerprint density at radius 3 is 2.59 bits per heavy atom. The van der Waals surface area contributed by atoms with Gasteiger partial charge in [0.25, 0.3) is 0 Å². The molecule has 0 aliphatic carbocycles. The second kappa shape index (κ2) is 14.3. The normalized spacial score (nSPS) is 16.8. The summed E-state index contributed by atoms with van der Waals surface area (Å²) in [5.74, 6) is -1.86. The third-order valence-electron chi connectivity index (χ3n) is 7.21. The third-order valence-corrected chi connectivity index (χ3v) is 7.21. The van der Waals surface area contributed by atoms with Gasteiger partial charge in [-0.1, -0.05) is 48.5 Å². The first-order valence-electron chi connectivity index (χ1n) is 14.1. The van der Waals surface area contributed by atoms with E-state index in [-0.39, 0.29) is 38.2 Å². The van der Waals surface area contributed by atoms with Crippen LogP contribution in [0.2, 0.25) is 0 Å². The number of nitrogens with zero attached hydrogens (tertiary/aromatic N) is 2. The average molecular weight is 605 g/mol. The molecule has 1 saturated heterocycles. The Morgan fingerprint density at radius 2 is 1.84 bits per heavy atom. The predicted molar refractivity (Wildman–Crippen MR) is 161 cm³/mol. The lowest BCUT2D eigenvalue weighted by Crippen LogP contribution is -2.43. The van der Waals surface area contributed by atoms with E-state index in [1.807, 2.05) is 42.5 Å². The van der Waals surface area contributed by atoms with Gasteiger partial charge in [0, 0.05) is 24.7 Å². The first-order valence-corrected chi connectivity index (χ1v) is 14.1. The monoisotopic (exact) mass is 604 g/mol. The molecule has 3 heterocycles.